The summed E-state index contributed by atoms with van der Waals surface area (Å²) in [5.74, 6) is 0.135. The fraction of sp³-hybridized carbons (Fsp3) is 0.167. The third kappa shape index (κ3) is 3.18. The van der Waals surface area contributed by atoms with E-state index in [1.54, 1.807) is 11.3 Å². The van der Waals surface area contributed by atoms with Crippen LogP contribution in [0.4, 0.5) is 0 Å². The molecular formula is C18H18N2OS. The van der Waals surface area contributed by atoms with E-state index in [0.717, 1.165) is 23.0 Å². The minimum atomic E-state index is 0.135. The van der Waals surface area contributed by atoms with Gasteiger partial charge in [0, 0.05) is 40.6 Å². The van der Waals surface area contributed by atoms with Gasteiger partial charge in [-0.2, -0.15) is 0 Å². The monoisotopic (exact) mass is 310 g/mol. The largest absolute Gasteiger partial charge is 0.360 e. The predicted molar refractivity (Wildman–Crippen MR) is 92.4 cm³/mol. The second-order valence-corrected chi connectivity index (χ2v) is 6.24. The van der Waals surface area contributed by atoms with Crippen LogP contribution in [-0.4, -0.2) is 28.8 Å². The summed E-state index contributed by atoms with van der Waals surface area (Å²) in [6.45, 7) is 5.66. The molecule has 1 aromatic carbocycles. The number of thiophene rings is 1. The van der Waals surface area contributed by atoms with Crippen molar-refractivity contribution in [2.75, 3.05) is 13.1 Å². The van der Waals surface area contributed by atoms with Crippen LogP contribution in [0.1, 0.15) is 15.2 Å². The fourth-order valence-corrected chi connectivity index (χ4v) is 3.33. The Labute approximate surface area is 133 Å². The SMILES string of the molecule is C=CCN(CC(=O)c1c[nH]c2ccccc12)Cc1cccs1. The zero-order chi connectivity index (χ0) is 15.4. The number of carbonyl (C=O) groups is 1. The van der Waals surface area contributed by atoms with E-state index in [9.17, 15) is 4.79 Å². The Kier molecular flexibility index (Phi) is 4.51. The van der Waals surface area contributed by atoms with Crippen LogP contribution in [0.15, 0.2) is 60.6 Å². The molecular weight excluding hydrogens is 292 g/mol. The van der Waals surface area contributed by atoms with Gasteiger partial charge in [-0.25, -0.2) is 0 Å². The molecule has 0 unspecified atom stereocenters. The lowest BCUT2D eigenvalue weighted by Crippen LogP contribution is -2.29. The topological polar surface area (TPSA) is 36.1 Å². The lowest BCUT2D eigenvalue weighted by molar-refractivity contribution is 0.0936. The number of aromatic nitrogens is 1. The number of ketones is 1. The van der Waals surface area contributed by atoms with Gasteiger partial charge in [0.15, 0.2) is 5.78 Å². The molecule has 0 bridgehead atoms. The second kappa shape index (κ2) is 6.73. The summed E-state index contributed by atoms with van der Waals surface area (Å²) in [6.07, 6.45) is 3.65. The van der Waals surface area contributed by atoms with Gasteiger partial charge in [0.05, 0.1) is 6.54 Å². The first-order chi connectivity index (χ1) is 10.8. The zero-order valence-corrected chi connectivity index (χ0v) is 13.1. The molecule has 0 aliphatic rings. The average molecular weight is 310 g/mol. The lowest BCUT2D eigenvalue weighted by Gasteiger charge is -2.18. The van der Waals surface area contributed by atoms with Crippen LogP contribution in [0.3, 0.4) is 0 Å². The molecule has 2 aromatic heterocycles. The number of H-pyrrole nitrogens is 1. The summed E-state index contributed by atoms with van der Waals surface area (Å²) < 4.78 is 0. The molecule has 0 fully saturated rings. The van der Waals surface area contributed by atoms with Crippen molar-refractivity contribution >= 4 is 28.0 Å². The highest BCUT2D eigenvalue weighted by molar-refractivity contribution is 7.09. The number of aromatic amines is 1. The smallest absolute Gasteiger partial charge is 0.178 e. The van der Waals surface area contributed by atoms with Crippen LogP contribution >= 0.6 is 11.3 Å². The summed E-state index contributed by atoms with van der Waals surface area (Å²) in [7, 11) is 0. The summed E-state index contributed by atoms with van der Waals surface area (Å²) in [5, 5.41) is 3.05. The van der Waals surface area contributed by atoms with E-state index in [1.807, 2.05) is 42.6 Å². The van der Waals surface area contributed by atoms with E-state index in [0.29, 0.717) is 13.1 Å². The number of benzene rings is 1. The first-order valence-corrected chi connectivity index (χ1v) is 8.11. The Morgan fingerprint density at radius 1 is 1.27 bits per heavy atom. The second-order valence-electron chi connectivity index (χ2n) is 5.21. The van der Waals surface area contributed by atoms with Crippen LogP contribution in [0, 0.1) is 0 Å². The number of nitrogens with one attached hydrogen (secondary N) is 1. The fourth-order valence-electron chi connectivity index (χ4n) is 2.58. The number of Topliss-reactive ketones (excluding diaryl/α,β-unsaturated/α-hetero) is 1. The zero-order valence-electron chi connectivity index (χ0n) is 12.3. The van der Waals surface area contributed by atoms with Crippen LogP contribution in [0.2, 0.25) is 0 Å². The van der Waals surface area contributed by atoms with Crippen molar-refractivity contribution in [2.45, 2.75) is 6.54 Å². The molecule has 0 saturated carbocycles. The van der Waals surface area contributed by atoms with Gasteiger partial charge < -0.3 is 4.98 Å². The quantitative estimate of drug-likeness (QED) is 0.527. The van der Waals surface area contributed by atoms with Gasteiger partial charge in [-0.1, -0.05) is 30.3 Å². The molecule has 4 heteroatoms. The van der Waals surface area contributed by atoms with Gasteiger partial charge in [-0.3, -0.25) is 9.69 Å². The molecule has 1 N–H and O–H groups in total. The molecule has 22 heavy (non-hydrogen) atoms. The Morgan fingerprint density at radius 3 is 2.91 bits per heavy atom. The van der Waals surface area contributed by atoms with Gasteiger partial charge >= 0.3 is 0 Å². The van der Waals surface area contributed by atoms with Crippen molar-refractivity contribution in [1.82, 2.24) is 9.88 Å². The number of carbonyl (C=O) groups excluding carboxylic acids is 1. The minimum absolute atomic E-state index is 0.135. The summed E-state index contributed by atoms with van der Waals surface area (Å²) in [6, 6.07) is 12.0. The van der Waals surface area contributed by atoms with Gasteiger partial charge in [0.1, 0.15) is 0 Å². The Balaban J connectivity index is 1.77. The number of hydrogen-bond donors (Lipinski definition) is 1. The maximum Gasteiger partial charge on any atom is 0.178 e. The van der Waals surface area contributed by atoms with E-state index in [4.69, 9.17) is 0 Å². The number of fused-ring (bicyclic) bond motifs is 1. The molecule has 0 radical (unpaired) electrons. The van der Waals surface area contributed by atoms with E-state index in [-0.39, 0.29) is 5.78 Å². The normalized spacial score (nSPS) is 11.1. The third-order valence-corrected chi connectivity index (χ3v) is 4.46. The predicted octanol–water partition coefficient (Wildman–Crippen LogP) is 4.10. The number of rotatable bonds is 7. The standard InChI is InChI=1S/C18H18N2OS/c1-2-9-20(12-14-6-5-10-22-14)13-18(21)16-11-19-17-8-4-3-7-15(16)17/h2-8,10-11,19H,1,9,12-13H2. The molecule has 0 atom stereocenters. The highest BCUT2D eigenvalue weighted by Crippen LogP contribution is 2.19. The van der Waals surface area contributed by atoms with Gasteiger partial charge in [-0.15, -0.1) is 17.9 Å². The highest BCUT2D eigenvalue weighted by Gasteiger charge is 2.15. The molecule has 3 nitrogen and oxygen atoms in total. The molecule has 2 heterocycles. The van der Waals surface area contributed by atoms with Crippen molar-refractivity contribution < 1.29 is 4.79 Å². The maximum atomic E-state index is 12.6. The average Bonchev–Trinajstić information content (AvgIpc) is 3.16. The summed E-state index contributed by atoms with van der Waals surface area (Å²) in [4.78, 5) is 19.2. The van der Waals surface area contributed by atoms with Crippen LogP contribution in [-0.2, 0) is 6.54 Å². The minimum Gasteiger partial charge on any atom is -0.360 e. The molecule has 0 amide bonds. The summed E-state index contributed by atoms with van der Waals surface area (Å²) in [5.41, 5.74) is 1.76. The Morgan fingerprint density at radius 2 is 2.14 bits per heavy atom. The van der Waals surface area contributed by atoms with Gasteiger partial charge in [-0.05, 0) is 17.5 Å². The van der Waals surface area contributed by atoms with E-state index in [2.05, 4.69) is 27.9 Å². The molecule has 3 aromatic rings. The van der Waals surface area contributed by atoms with E-state index >= 15 is 0 Å². The highest BCUT2D eigenvalue weighted by atomic mass is 32.1. The molecule has 0 aliphatic heterocycles. The Hall–Kier alpha value is -2.17. The lowest BCUT2D eigenvalue weighted by atomic mass is 10.1. The molecule has 0 spiro atoms. The van der Waals surface area contributed by atoms with Gasteiger partial charge in [0.25, 0.3) is 0 Å². The maximum absolute atomic E-state index is 12.6. The number of nitrogens with zero attached hydrogens (tertiary/aromatic N) is 1. The van der Waals surface area contributed by atoms with Crippen molar-refractivity contribution in [3.8, 4) is 0 Å². The van der Waals surface area contributed by atoms with Crippen molar-refractivity contribution in [3.05, 3.63) is 71.1 Å². The molecule has 112 valence electrons. The van der Waals surface area contributed by atoms with E-state index < -0.39 is 0 Å². The first-order valence-electron chi connectivity index (χ1n) is 7.23. The molecule has 0 saturated heterocycles. The number of hydrogen-bond acceptors (Lipinski definition) is 3. The van der Waals surface area contributed by atoms with E-state index in [1.165, 1.54) is 4.88 Å². The molecule has 0 aliphatic carbocycles. The number of para-hydroxylation sites is 1. The van der Waals surface area contributed by atoms with Crippen molar-refractivity contribution in [1.29, 1.82) is 0 Å². The molecule has 3 rings (SSSR count). The van der Waals surface area contributed by atoms with Crippen LogP contribution in [0.5, 0.6) is 0 Å². The van der Waals surface area contributed by atoms with Crippen LogP contribution in [0.25, 0.3) is 10.9 Å². The van der Waals surface area contributed by atoms with Gasteiger partial charge in [0.2, 0.25) is 0 Å². The first kappa shape index (κ1) is 14.8. The Bertz CT molecular complexity index is 773. The van der Waals surface area contributed by atoms with Crippen LogP contribution < -0.4 is 0 Å². The summed E-state index contributed by atoms with van der Waals surface area (Å²) >= 11 is 1.71. The van der Waals surface area contributed by atoms with Crippen molar-refractivity contribution in [3.63, 3.8) is 0 Å². The third-order valence-electron chi connectivity index (χ3n) is 3.60. The van der Waals surface area contributed by atoms with Crippen molar-refractivity contribution in [2.24, 2.45) is 0 Å².